The van der Waals surface area contributed by atoms with Crippen molar-refractivity contribution in [3.8, 4) is 0 Å². The summed E-state index contributed by atoms with van der Waals surface area (Å²) in [4.78, 5) is -0.0411. The predicted octanol–water partition coefficient (Wildman–Crippen LogP) is 2.83. The van der Waals surface area contributed by atoms with Gasteiger partial charge in [-0.25, -0.2) is 0 Å². The zero-order valence-corrected chi connectivity index (χ0v) is 7.75. The van der Waals surface area contributed by atoms with Crippen molar-refractivity contribution >= 4 is 34.2 Å². The molecule has 0 aliphatic carbocycles. The fourth-order valence-corrected chi connectivity index (χ4v) is 0. The summed E-state index contributed by atoms with van der Waals surface area (Å²) in [5.41, 5.74) is 0. The average molecular weight is 232 g/mol. The minimum atomic E-state index is -0.0411. The van der Waals surface area contributed by atoms with Crippen LogP contribution in [0.1, 0.15) is 20.8 Å². The summed E-state index contributed by atoms with van der Waals surface area (Å²) in [6, 6.07) is 0. The Balaban J connectivity index is 3.54. The first kappa shape index (κ1) is 8.02. The average Bonchev–Trinajstić information content (AvgIpc) is 1.31. The van der Waals surface area contributed by atoms with Gasteiger partial charge in [-0.1, -0.05) is 29.5 Å². The standard InChI is InChI=1S/C5H10ClI/c1-4(7)5(2,3)6/h4H,1-3H3. The van der Waals surface area contributed by atoms with Crippen molar-refractivity contribution in [2.24, 2.45) is 0 Å². The minimum absolute atomic E-state index is 0.0411. The Morgan fingerprint density at radius 1 is 1.57 bits per heavy atom. The van der Waals surface area contributed by atoms with E-state index in [4.69, 9.17) is 11.6 Å². The van der Waals surface area contributed by atoms with E-state index in [1.54, 1.807) is 0 Å². The Labute approximate surface area is 63.8 Å². The van der Waals surface area contributed by atoms with Gasteiger partial charge in [0.2, 0.25) is 0 Å². The van der Waals surface area contributed by atoms with Crippen molar-refractivity contribution in [2.75, 3.05) is 0 Å². The van der Waals surface area contributed by atoms with Crippen LogP contribution in [0.2, 0.25) is 0 Å². The van der Waals surface area contributed by atoms with E-state index in [-0.39, 0.29) is 4.87 Å². The van der Waals surface area contributed by atoms with Gasteiger partial charge in [0.25, 0.3) is 0 Å². The van der Waals surface area contributed by atoms with Crippen molar-refractivity contribution in [1.29, 1.82) is 0 Å². The Hall–Kier alpha value is 1.02. The molecule has 0 aromatic heterocycles. The predicted molar refractivity (Wildman–Crippen MR) is 43.4 cm³/mol. The van der Waals surface area contributed by atoms with E-state index < -0.39 is 0 Å². The van der Waals surface area contributed by atoms with Crippen LogP contribution < -0.4 is 0 Å². The molecule has 2 heteroatoms. The smallest absolute Gasteiger partial charge is 0.0505 e. The summed E-state index contributed by atoms with van der Waals surface area (Å²) in [5.74, 6) is 0. The topological polar surface area (TPSA) is 0 Å². The molecule has 7 heavy (non-hydrogen) atoms. The van der Waals surface area contributed by atoms with Crippen LogP contribution in [0.15, 0.2) is 0 Å². The van der Waals surface area contributed by atoms with Crippen LogP contribution in [0.4, 0.5) is 0 Å². The molecule has 0 nitrogen and oxygen atoms in total. The van der Waals surface area contributed by atoms with E-state index in [0.29, 0.717) is 3.92 Å². The molecule has 1 unspecified atom stereocenters. The second-order valence-corrected chi connectivity index (χ2v) is 5.02. The molecule has 0 rings (SSSR count). The van der Waals surface area contributed by atoms with Crippen LogP contribution in [-0.4, -0.2) is 8.80 Å². The van der Waals surface area contributed by atoms with E-state index in [2.05, 4.69) is 29.5 Å². The number of alkyl halides is 2. The lowest BCUT2D eigenvalue weighted by Crippen LogP contribution is -2.20. The maximum absolute atomic E-state index is 5.86. The fraction of sp³-hybridized carbons (Fsp3) is 1.00. The van der Waals surface area contributed by atoms with Gasteiger partial charge in [0, 0.05) is 3.92 Å². The second-order valence-electron chi connectivity index (χ2n) is 2.18. The van der Waals surface area contributed by atoms with Gasteiger partial charge in [-0.2, -0.15) is 0 Å². The molecule has 0 radical (unpaired) electrons. The van der Waals surface area contributed by atoms with Crippen LogP contribution in [0.5, 0.6) is 0 Å². The zero-order valence-electron chi connectivity index (χ0n) is 4.83. The third kappa shape index (κ3) is 3.59. The Kier molecular flexibility index (Phi) is 2.90. The molecule has 0 heterocycles. The van der Waals surface area contributed by atoms with E-state index in [0.717, 1.165) is 0 Å². The van der Waals surface area contributed by atoms with E-state index in [9.17, 15) is 0 Å². The molecular weight excluding hydrogens is 222 g/mol. The van der Waals surface area contributed by atoms with Crippen molar-refractivity contribution in [3.05, 3.63) is 0 Å². The number of rotatable bonds is 1. The number of hydrogen-bond acceptors (Lipinski definition) is 0. The van der Waals surface area contributed by atoms with Crippen LogP contribution in [0.25, 0.3) is 0 Å². The molecule has 0 aliphatic heterocycles. The molecule has 0 aliphatic rings. The number of hydrogen-bond donors (Lipinski definition) is 0. The van der Waals surface area contributed by atoms with E-state index in [1.165, 1.54) is 0 Å². The molecule has 44 valence electrons. The molecule has 0 N–H and O–H groups in total. The maximum atomic E-state index is 5.86. The van der Waals surface area contributed by atoms with Crippen LogP contribution >= 0.6 is 34.2 Å². The van der Waals surface area contributed by atoms with Gasteiger partial charge in [-0.3, -0.25) is 0 Å². The highest BCUT2D eigenvalue weighted by Crippen LogP contribution is 2.23. The largest absolute Gasteiger partial charge is 0.119 e. The van der Waals surface area contributed by atoms with Crippen LogP contribution in [0, 0.1) is 0 Å². The monoisotopic (exact) mass is 232 g/mol. The molecule has 0 saturated heterocycles. The lowest BCUT2D eigenvalue weighted by atomic mass is 10.1. The lowest BCUT2D eigenvalue weighted by molar-refractivity contribution is 0.707. The molecule has 0 bridgehead atoms. The highest BCUT2D eigenvalue weighted by atomic mass is 127. The summed E-state index contributed by atoms with van der Waals surface area (Å²) in [7, 11) is 0. The van der Waals surface area contributed by atoms with Crippen molar-refractivity contribution in [2.45, 2.75) is 29.6 Å². The molecule has 0 fully saturated rings. The summed E-state index contributed by atoms with van der Waals surface area (Å²) in [5, 5.41) is 0. The van der Waals surface area contributed by atoms with Gasteiger partial charge in [0.05, 0.1) is 4.87 Å². The fourth-order valence-electron chi connectivity index (χ4n) is 0. The first-order chi connectivity index (χ1) is 2.94. The molecule has 0 amide bonds. The van der Waals surface area contributed by atoms with Gasteiger partial charge in [0.15, 0.2) is 0 Å². The van der Waals surface area contributed by atoms with E-state index in [1.807, 2.05) is 13.8 Å². The SMILES string of the molecule is CC(I)C(C)(C)Cl. The first-order valence-electron chi connectivity index (χ1n) is 2.27. The minimum Gasteiger partial charge on any atom is -0.119 e. The quantitative estimate of drug-likeness (QED) is 0.482. The normalized spacial score (nSPS) is 16.7. The first-order valence-corrected chi connectivity index (χ1v) is 3.90. The Morgan fingerprint density at radius 2 is 1.71 bits per heavy atom. The highest BCUT2D eigenvalue weighted by Gasteiger charge is 2.18. The van der Waals surface area contributed by atoms with Crippen LogP contribution in [-0.2, 0) is 0 Å². The summed E-state index contributed by atoms with van der Waals surface area (Å²) in [6.45, 7) is 6.14. The Bertz CT molecular complexity index is 53.6. The van der Waals surface area contributed by atoms with Gasteiger partial charge in [-0.05, 0) is 13.8 Å². The third-order valence-corrected chi connectivity index (χ3v) is 3.20. The molecule has 0 saturated carbocycles. The van der Waals surface area contributed by atoms with Gasteiger partial charge in [-0.15, -0.1) is 11.6 Å². The summed E-state index contributed by atoms with van der Waals surface area (Å²) < 4.78 is 0.534. The van der Waals surface area contributed by atoms with Crippen molar-refractivity contribution in [1.82, 2.24) is 0 Å². The molecule has 0 aromatic carbocycles. The Morgan fingerprint density at radius 3 is 1.71 bits per heavy atom. The lowest BCUT2D eigenvalue weighted by Gasteiger charge is -2.17. The summed E-state index contributed by atoms with van der Waals surface area (Å²) >= 11 is 8.18. The van der Waals surface area contributed by atoms with Gasteiger partial charge in [0.1, 0.15) is 0 Å². The molecule has 0 spiro atoms. The number of halogens is 2. The third-order valence-electron chi connectivity index (χ3n) is 0.946. The van der Waals surface area contributed by atoms with Crippen molar-refractivity contribution < 1.29 is 0 Å². The highest BCUT2D eigenvalue weighted by molar-refractivity contribution is 14.1. The van der Waals surface area contributed by atoms with E-state index >= 15 is 0 Å². The second kappa shape index (κ2) is 2.53. The van der Waals surface area contributed by atoms with Gasteiger partial charge < -0.3 is 0 Å². The van der Waals surface area contributed by atoms with Gasteiger partial charge >= 0.3 is 0 Å². The zero-order chi connectivity index (χ0) is 6.08. The molecular formula is C5H10ClI. The maximum Gasteiger partial charge on any atom is 0.0505 e. The van der Waals surface area contributed by atoms with Crippen molar-refractivity contribution in [3.63, 3.8) is 0 Å². The van der Waals surface area contributed by atoms with Crippen LogP contribution in [0.3, 0.4) is 0 Å². The molecule has 1 atom stereocenters. The summed E-state index contributed by atoms with van der Waals surface area (Å²) in [6.07, 6.45) is 0. The molecule has 0 aromatic rings.